The van der Waals surface area contributed by atoms with Crippen LogP contribution in [0.25, 0.3) is 90.9 Å². The van der Waals surface area contributed by atoms with Gasteiger partial charge in [-0.1, -0.05) is 48.5 Å². The van der Waals surface area contributed by atoms with Crippen LogP contribution in [0.5, 0.6) is 0 Å². The van der Waals surface area contributed by atoms with Crippen molar-refractivity contribution in [1.82, 2.24) is 19.9 Å². The Hall–Kier alpha value is -8.05. The summed E-state index contributed by atoms with van der Waals surface area (Å²) < 4.78 is 0. The fraction of sp³-hybridized carbons (Fsp3) is 0. The molecule has 5 heterocycles. The van der Waals surface area contributed by atoms with Gasteiger partial charge in [0.2, 0.25) is 0 Å². The first-order valence-electron chi connectivity index (χ1n) is 17.7. The van der Waals surface area contributed by atoms with E-state index in [-0.39, 0.29) is 16.8 Å². The fourth-order valence-electron chi connectivity index (χ4n) is 7.40. The SMILES string of the molecule is N#Cc1cccc(-c2c3nc(c(-c4cccc(C#N)c4)c4ccc([nH]4)c(-c4cccc(C#N)c4)c4nc(c(-c5cccc(C#N)c5)c5ccc2[nH]5)C=C4)C=C3)c1.[Co]. The second kappa shape index (κ2) is 15.0. The van der Waals surface area contributed by atoms with Crippen molar-refractivity contribution in [3.8, 4) is 68.8 Å². The fourth-order valence-corrected chi connectivity index (χ4v) is 7.40. The van der Waals surface area contributed by atoms with Gasteiger partial charge in [0.15, 0.2) is 0 Å². The van der Waals surface area contributed by atoms with Gasteiger partial charge in [0.05, 0.1) is 69.3 Å². The quantitative estimate of drug-likeness (QED) is 0.182. The molecular formula is C48H26CoN8. The number of fused-ring (bicyclic) bond motifs is 8. The Kier molecular flexibility index (Phi) is 9.46. The number of hydrogen-bond donors (Lipinski definition) is 2. The molecule has 267 valence electrons. The van der Waals surface area contributed by atoms with E-state index in [1.54, 1.807) is 24.3 Å². The maximum Gasteiger partial charge on any atom is 0.0991 e. The number of hydrogen-bond acceptors (Lipinski definition) is 6. The summed E-state index contributed by atoms with van der Waals surface area (Å²) in [6.45, 7) is 0. The van der Waals surface area contributed by atoms with Crippen LogP contribution < -0.4 is 0 Å². The summed E-state index contributed by atoms with van der Waals surface area (Å²) in [7, 11) is 0. The minimum atomic E-state index is 0. The number of rotatable bonds is 4. The zero-order chi connectivity index (χ0) is 38.2. The van der Waals surface area contributed by atoms with Crippen molar-refractivity contribution >= 4 is 46.4 Å². The van der Waals surface area contributed by atoms with Gasteiger partial charge in [-0.05, 0) is 119 Å². The molecule has 7 aromatic rings. The van der Waals surface area contributed by atoms with Crippen LogP contribution in [0.4, 0.5) is 0 Å². The molecule has 57 heavy (non-hydrogen) atoms. The Balaban J connectivity index is 0.00000455. The molecule has 0 amide bonds. The van der Waals surface area contributed by atoms with Crippen LogP contribution in [-0.2, 0) is 16.8 Å². The summed E-state index contributed by atoms with van der Waals surface area (Å²) in [5.41, 5.74) is 14.2. The number of benzene rings is 4. The van der Waals surface area contributed by atoms with Crippen molar-refractivity contribution in [2.45, 2.75) is 0 Å². The number of nitrogens with zero attached hydrogens (tertiary/aromatic N) is 6. The smallest absolute Gasteiger partial charge is 0.0991 e. The first-order valence-corrected chi connectivity index (χ1v) is 17.7. The van der Waals surface area contributed by atoms with E-state index in [0.29, 0.717) is 45.0 Å². The second-order valence-electron chi connectivity index (χ2n) is 13.3. The molecule has 0 spiro atoms. The summed E-state index contributed by atoms with van der Waals surface area (Å²) >= 11 is 0. The number of nitriles is 4. The van der Waals surface area contributed by atoms with Gasteiger partial charge in [0.25, 0.3) is 0 Å². The number of aromatic amines is 2. The van der Waals surface area contributed by atoms with Crippen molar-refractivity contribution in [2.75, 3.05) is 0 Å². The van der Waals surface area contributed by atoms with Gasteiger partial charge < -0.3 is 9.97 Å². The van der Waals surface area contributed by atoms with Crippen molar-refractivity contribution < 1.29 is 16.8 Å². The molecule has 8 bridgehead atoms. The largest absolute Gasteiger partial charge is 0.354 e. The zero-order valence-corrected chi connectivity index (χ0v) is 30.9. The maximum absolute atomic E-state index is 9.87. The molecule has 0 saturated heterocycles. The second-order valence-corrected chi connectivity index (χ2v) is 13.3. The first kappa shape index (κ1) is 35.9. The van der Waals surface area contributed by atoms with Gasteiger partial charge in [0, 0.05) is 61.1 Å². The van der Waals surface area contributed by atoms with Crippen LogP contribution in [0.1, 0.15) is 45.0 Å². The molecule has 2 aliphatic heterocycles. The molecule has 0 atom stereocenters. The minimum absolute atomic E-state index is 0. The third kappa shape index (κ3) is 6.59. The molecule has 9 rings (SSSR count). The molecule has 2 N–H and O–H groups in total. The van der Waals surface area contributed by atoms with Crippen LogP contribution in [0.15, 0.2) is 121 Å². The molecule has 0 unspecified atom stereocenters. The standard InChI is InChI=1S/C48H26N8.Co/c49-25-29-5-1-9-33(21-29)45-37-13-15-39(53-37)46(34-10-2-6-30(22-34)26-50)41-17-19-43(55-41)48(36-12-4-8-32(24-36)28-52)44-20-18-42(56-44)47(40-16-14-38(45)54-40)35-11-3-7-31(23-35)27-51;/h1-24,53,56H;. The number of aromatic nitrogens is 4. The van der Waals surface area contributed by atoms with E-state index in [9.17, 15) is 21.0 Å². The topological polar surface area (TPSA) is 153 Å². The van der Waals surface area contributed by atoms with Gasteiger partial charge in [-0.15, -0.1) is 0 Å². The van der Waals surface area contributed by atoms with E-state index >= 15 is 0 Å². The van der Waals surface area contributed by atoms with Crippen LogP contribution in [0.3, 0.4) is 0 Å². The van der Waals surface area contributed by atoms with Gasteiger partial charge in [0.1, 0.15) is 0 Å². The van der Waals surface area contributed by atoms with E-state index in [1.165, 1.54) is 0 Å². The molecular weight excluding hydrogens is 748 g/mol. The van der Waals surface area contributed by atoms with Crippen LogP contribution in [0, 0.1) is 45.3 Å². The van der Waals surface area contributed by atoms with Crippen LogP contribution in [-0.4, -0.2) is 19.9 Å². The Bertz CT molecular complexity index is 2790. The predicted octanol–water partition coefficient (Wildman–Crippen LogP) is 10.8. The van der Waals surface area contributed by atoms with Crippen molar-refractivity contribution in [3.05, 3.63) is 166 Å². The Labute approximate surface area is 337 Å². The molecule has 0 fully saturated rings. The summed E-state index contributed by atoms with van der Waals surface area (Å²) in [6.07, 6.45) is 7.88. The monoisotopic (exact) mass is 773 g/mol. The van der Waals surface area contributed by atoms with Crippen molar-refractivity contribution in [2.24, 2.45) is 0 Å². The predicted molar refractivity (Wildman–Crippen MR) is 219 cm³/mol. The maximum atomic E-state index is 9.87. The van der Waals surface area contributed by atoms with Crippen LogP contribution in [0.2, 0.25) is 0 Å². The first-order chi connectivity index (χ1) is 27.5. The zero-order valence-electron chi connectivity index (χ0n) is 29.9. The summed E-state index contributed by atoms with van der Waals surface area (Å²) in [4.78, 5) is 17.9. The Morgan fingerprint density at radius 3 is 0.825 bits per heavy atom. The summed E-state index contributed by atoms with van der Waals surface area (Å²) in [5, 5.41) is 39.5. The molecule has 8 nitrogen and oxygen atoms in total. The third-order valence-electron chi connectivity index (χ3n) is 9.88. The molecule has 3 aromatic heterocycles. The average Bonchev–Trinajstić information content (AvgIpc) is 4.09. The molecule has 0 saturated carbocycles. The van der Waals surface area contributed by atoms with E-state index in [4.69, 9.17) is 9.97 Å². The number of nitrogens with one attached hydrogen (secondary N) is 2. The molecule has 9 heteroatoms. The van der Waals surface area contributed by atoms with Crippen LogP contribution >= 0.6 is 0 Å². The van der Waals surface area contributed by atoms with Crippen molar-refractivity contribution in [1.29, 1.82) is 21.0 Å². The van der Waals surface area contributed by atoms with Gasteiger partial charge >= 0.3 is 0 Å². The molecule has 4 aromatic carbocycles. The number of H-pyrrole nitrogens is 2. The Morgan fingerprint density at radius 2 is 0.596 bits per heavy atom. The summed E-state index contributed by atoms with van der Waals surface area (Å²) in [6, 6.07) is 46.9. The molecule has 1 radical (unpaired) electrons. The summed E-state index contributed by atoms with van der Waals surface area (Å²) in [5.74, 6) is 0. The normalized spacial score (nSPS) is 11.2. The molecule has 2 aliphatic rings. The van der Waals surface area contributed by atoms with Gasteiger partial charge in [-0.2, -0.15) is 21.0 Å². The van der Waals surface area contributed by atoms with E-state index in [2.05, 4.69) is 34.2 Å². The van der Waals surface area contributed by atoms with E-state index < -0.39 is 0 Å². The van der Waals surface area contributed by atoms with Gasteiger partial charge in [-0.25, -0.2) is 9.97 Å². The molecule has 0 aliphatic carbocycles. The van der Waals surface area contributed by atoms with E-state index in [1.807, 2.05) is 121 Å². The van der Waals surface area contributed by atoms with E-state index in [0.717, 1.165) is 66.6 Å². The third-order valence-corrected chi connectivity index (χ3v) is 9.88. The van der Waals surface area contributed by atoms with Gasteiger partial charge in [-0.3, -0.25) is 0 Å². The average molecular weight is 774 g/mol. The Morgan fingerprint density at radius 1 is 0.351 bits per heavy atom. The van der Waals surface area contributed by atoms with Crippen molar-refractivity contribution in [3.63, 3.8) is 0 Å². The minimum Gasteiger partial charge on any atom is -0.354 e.